The van der Waals surface area contributed by atoms with Gasteiger partial charge >= 0.3 is 5.63 Å². The zero-order valence-corrected chi connectivity index (χ0v) is 13.1. The molecule has 0 aliphatic heterocycles. The fourth-order valence-corrected chi connectivity index (χ4v) is 3.03. The summed E-state index contributed by atoms with van der Waals surface area (Å²) in [5, 5.41) is 3.10. The number of fused-ring (bicyclic) bond motifs is 3. The molecule has 1 aromatic heterocycles. The molecular formula is C19H21NO2. The van der Waals surface area contributed by atoms with Gasteiger partial charge in [0.2, 0.25) is 0 Å². The zero-order valence-electron chi connectivity index (χ0n) is 13.1. The van der Waals surface area contributed by atoms with E-state index in [1.807, 2.05) is 24.3 Å². The molecule has 0 unspecified atom stereocenters. The molecule has 0 N–H and O–H groups in total. The van der Waals surface area contributed by atoms with Crippen molar-refractivity contribution in [2.75, 3.05) is 18.0 Å². The minimum atomic E-state index is -0.281. The van der Waals surface area contributed by atoms with E-state index >= 15 is 0 Å². The van der Waals surface area contributed by atoms with Crippen molar-refractivity contribution in [3.8, 4) is 0 Å². The zero-order chi connectivity index (χ0) is 15.5. The molecule has 0 fully saturated rings. The van der Waals surface area contributed by atoms with Gasteiger partial charge in [-0.15, -0.1) is 0 Å². The molecule has 3 heteroatoms. The lowest BCUT2D eigenvalue weighted by Gasteiger charge is -2.24. The molecule has 0 aliphatic carbocycles. The Balaban J connectivity index is 2.30. The first-order valence-corrected chi connectivity index (χ1v) is 7.95. The maximum absolute atomic E-state index is 12.1. The number of anilines is 1. The van der Waals surface area contributed by atoms with Gasteiger partial charge in [-0.3, -0.25) is 0 Å². The van der Waals surface area contributed by atoms with Crippen LogP contribution >= 0.6 is 0 Å². The lowest BCUT2D eigenvalue weighted by molar-refractivity contribution is 0.563. The van der Waals surface area contributed by atoms with Crippen LogP contribution < -0.4 is 10.5 Å². The van der Waals surface area contributed by atoms with Crippen LogP contribution in [0, 0.1) is 0 Å². The van der Waals surface area contributed by atoms with E-state index in [9.17, 15) is 4.79 Å². The molecule has 0 bridgehead atoms. The van der Waals surface area contributed by atoms with Crippen LogP contribution in [0.15, 0.2) is 51.7 Å². The van der Waals surface area contributed by atoms with Crippen molar-refractivity contribution in [1.82, 2.24) is 0 Å². The van der Waals surface area contributed by atoms with Crippen LogP contribution in [0.5, 0.6) is 0 Å². The van der Waals surface area contributed by atoms with Gasteiger partial charge in [-0.2, -0.15) is 0 Å². The minimum absolute atomic E-state index is 0.281. The molecule has 1 heterocycles. The number of hydrogen-bond donors (Lipinski definition) is 0. The second-order valence-corrected chi connectivity index (χ2v) is 5.60. The predicted molar refractivity (Wildman–Crippen MR) is 92.8 cm³/mol. The lowest BCUT2D eigenvalue weighted by Crippen LogP contribution is -2.26. The van der Waals surface area contributed by atoms with Crippen molar-refractivity contribution in [3.63, 3.8) is 0 Å². The average molecular weight is 295 g/mol. The summed E-state index contributed by atoms with van der Waals surface area (Å²) in [6.07, 6.45) is 2.10. The van der Waals surface area contributed by atoms with Crippen LogP contribution in [0.1, 0.15) is 26.7 Å². The second-order valence-electron chi connectivity index (χ2n) is 5.60. The van der Waals surface area contributed by atoms with E-state index in [0.29, 0.717) is 5.58 Å². The van der Waals surface area contributed by atoms with Crippen molar-refractivity contribution < 1.29 is 4.42 Å². The largest absolute Gasteiger partial charge is 0.422 e. The molecule has 114 valence electrons. The van der Waals surface area contributed by atoms with Crippen molar-refractivity contribution in [3.05, 3.63) is 52.9 Å². The summed E-state index contributed by atoms with van der Waals surface area (Å²) in [4.78, 5) is 14.4. The fraction of sp³-hybridized carbons (Fsp3) is 0.316. The van der Waals surface area contributed by atoms with E-state index < -0.39 is 0 Å². The highest BCUT2D eigenvalue weighted by Crippen LogP contribution is 2.31. The Bertz CT molecular complexity index is 845. The van der Waals surface area contributed by atoms with Crippen molar-refractivity contribution in [2.45, 2.75) is 26.7 Å². The van der Waals surface area contributed by atoms with E-state index in [0.717, 1.165) is 47.8 Å². The van der Waals surface area contributed by atoms with Gasteiger partial charge < -0.3 is 9.32 Å². The molecule has 0 spiro atoms. The third-order valence-electron chi connectivity index (χ3n) is 3.94. The Labute approximate surface area is 130 Å². The molecule has 0 saturated heterocycles. The Morgan fingerprint density at radius 3 is 2.41 bits per heavy atom. The van der Waals surface area contributed by atoms with Crippen molar-refractivity contribution in [2.24, 2.45) is 0 Å². The topological polar surface area (TPSA) is 33.5 Å². The third-order valence-corrected chi connectivity index (χ3v) is 3.94. The van der Waals surface area contributed by atoms with E-state index in [1.165, 1.54) is 0 Å². The number of nitrogens with zero attached hydrogens (tertiary/aromatic N) is 1. The van der Waals surface area contributed by atoms with Crippen LogP contribution in [0.4, 0.5) is 5.69 Å². The molecule has 0 radical (unpaired) electrons. The smallest absolute Gasteiger partial charge is 0.338 e. The van der Waals surface area contributed by atoms with Gasteiger partial charge in [0, 0.05) is 29.9 Å². The summed E-state index contributed by atoms with van der Waals surface area (Å²) < 4.78 is 5.54. The lowest BCUT2D eigenvalue weighted by atomic mass is 10.1. The first-order chi connectivity index (χ1) is 10.7. The molecule has 0 saturated carbocycles. The van der Waals surface area contributed by atoms with Gasteiger partial charge in [0.1, 0.15) is 5.58 Å². The van der Waals surface area contributed by atoms with Crippen LogP contribution in [0.25, 0.3) is 21.7 Å². The van der Waals surface area contributed by atoms with Crippen LogP contribution in [-0.4, -0.2) is 13.1 Å². The second kappa shape index (κ2) is 6.22. The average Bonchev–Trinajstić information content (AvgIpc) is 2.54. The molecular weight excluding hydrogens is 274 g/mol. The Morgan fingerprint density at radius 2 is 1.68 bits per heavy atom. The monoisotopic (exact) mass is 295 g/mol. The van der Waals surface area contributed by atoms with E-state index in [1.54, 1.807) is 6.07 Å². The van der Waals surface area contributed by atoms with Crippen LogP contribution in [-0.2, 0) is 0 Å². The highest BCUT2D eigenvalue weighted by atomic mass is 16.4. The van der Waals surface area contributed by atoms with E-state index in [2.05, 4.69) is 30.9 Å². The highest BCUT2D eigenvalue weighted by Gasteiger charge is 2.13. The van der Waals surface area contributed by atoms with Crippen LogP contribution in [0.3, 0.4) is 0 Å². The quantitative estimate of drug-likeness (QED) is 0.510. The summed E-state index contributed by atoms with van der Waals surface area (Å²) in [6, 6.07) is 13.8. The van der Waals surface area contributed by atoms with E-state index in [4.69, 9.17) is 4.42 Å². The third kappa shape index (κ3) is 2.59. The number of hydrogen-bond acceptors (Lipinski definition) is 3. The standard InChI is InChI=1S/C19H21NO2/c1-3-11-20(12-4-2)17-13-18(21)22-19-15-8-6-5-7-14(15)9-10-16(17)19/h5-10,13H,3-4,11-12H2,1-2H3. The molecule has 22 heavy (non-hydrogen) atoms. The normalized spacial score (nSPS) is 11.2. The summed E-state index contributed by atoms with van der Waals surface area (Å²) >= 11 is 0. The van der Waals surface area contributed by atoms with Crippen molar-refractivity contribution in [1.29, 1.82) is 0 Å². The molecule has 3 aromatic rings. The summed E-state index contributed by atoms with van der Waals surface area (Å²) in [5.41, 5.74) is 1.40. The van der Waals surface area contributed by atoms with Gasteiger partial charge in [0.05, 0.1) is 5.69 Å². The highest BCUT2D eigenvalue weighted by molar-refractivity contribution is 6.07. The molecule has 0 amide bonds. The summed E-state index contributed by atoms with van der Waals surface area (Å²) in [5.74, 6) is 0. The Morgan fingerprint density at radius 1 is 0.955 bits per heavy atom. The first kappa shape index (κ1) is 14.6. The molecule has 0 aliphatic rings. The predicted octanol–water partition coefficient (Wildman–Crippen LogP) is 4.57. The van der Waals surface area contributed by atoms with Crippen LogP contribution in [0.2, 0.25) is 0 Å². The minimum Gasteiger partial charge on any atom is -0.422 e. The maximum Gasteiger partial charge on any atom is 0.338 e. The number of rotatable bonds is 5. The summed E-state index contributed by atoms with van der Waals surface area (Å²) in [7, 11) is 0. The van der Waals surface area contributed by atoms with Gasteiger partial charge in [0.25, 0.3) is 0 Å². The maximum atomic E-state index is 12.1. The molecule has 3 rings (SSSR count). The molecule has 2 aromatic carbocycles. The van der Waals surface area contributed by atoms with Gasteiger partial charge in [0.15, 0.2) is 0 Å². The molecule has 0 atom stereocenters. The molecule has 3 nitrogen and oxygen atoms in total. The fourth-order valence-electron chi connectivity index (χ4n) is 3.03. The Kier molecular flexibility index (Phi) is 4.14. The van der Waals surface area contributed by atoms with Gasteiger partial charge in [-0.05, 0) is 24.3 Å². The summed E-state index contributed by atoms with van der Waals surface area (Å²) in [6.45, 7) is 6.20. The number of benzene rings is 2. The Hall–Kier alpha value is -2.29. The van der Waals surface area contributed by atoms with E-state index in [-0.39, 0.29) is 5.63 Å². The van der Waals surface area contributed by atoms with Crippen molar-refractivity contribution >= 4 is 27.4 Å². The van der Waals surface area contributed by atoms with Gasteiger partial charge in [-0.25, -0.2) is 4.79 Å². The SMILES string of the molecule is CCCN(CCC)c1cc(=O)oc2c1ccc1ccccc12. The first-order valence-electron chi connectivity index (χ1n) is 7.95. The van der Waals surface area contributed by atoms with Gasteiger partial charge in [-0.1, -0.05) is 44.2 Å².